The zero-order valence-electron chi connectivity index (χ0n) is 24.8. The van der Waals surface area contributed by atoms with E-state index in [4.69, 9.17) is 4.74 Å². The van der Waals surface area contributed by atoms with Crippen molar-refractivity contribution < 1.29 is 38.8 Å². The Morgan fingerprint density at radius 2 is 1.29 bits per heavy atom. The monoisotopic (exact) mass is 618 g/mol. The van der Waals surface area contributed by atoms with Gasteiger partial charge in [-0.05, 0) is 60.6 Å². The Balaban J connectivity index is 1.57. The van der Waals surface area contributed by atoms with Gasteiger partial charge in [-0.3, -0.25) is 25.0 Å². The summed E-state index contributed by atoms with van der Waals surface area (Å²) in [5.41, 5.74) is 0.900. The van der Waals surface area contributed by atoms with Crippen molar-refractivity contribution in [3.8, 4) is 0 Å². The van der Waals surface area contributed by atoms with Crippen LogP contribution in [-0.2, 0) is 31.9 Å². The molecule has 0 heterocycles. The first-order valence-electron chi connectivity index (χ1n) is 14.3. The van der Waals surface area contributed by atoms with Crippen LogP contribution in [0.3, 0.4) is 0 Å². The highest BCUT2D eigenvalue weighted by Crippen LogP contribution is 2.35. The van der Waals surface area contributed by atoms with Gasteiger partial charge in [-0.2, -0.15) is 0 Å². The second-order valence-corrected chi connectivity index (χ2v) is 10.6. The molecular weight excluding hydrogens is 584 g/mol. The van der Waals surface area contributed by atoms with Gasteiger partial charge in [0, 0.05) is 30.3 Å². The van der Waals surface area contributed by atoms with E-state index in [2.05, 4.69) is 4.74 Å². The third-order valence-electron chi connectivity index (χ3n) is 7.38. The number of aliphatic carboxylic acids is 1. The number of nitro benzene ring substituents is 2. The predicted octanol–water partition coefficient (Wildman–Crippen LogP) is 6.35. The molecule has 45 heavy (non-hydrogen) atoms. The van der Waals surface area contributed by atoms with Crippen LogP contribution >= 0.6 is 0 Å². The van der Waals surface area contributed by atoms with Crippen molar-refractivity contribution in [2.24, 2.45) is 5.41 Å². The van der Waals surface area contributed by atoms with Crippen molar-refractivity contribution in [2.45, 2.75) is 44.9 Å². The smallest absolute Gasteiger partial charge is 0.338 e. The lowest BCUT2D eigenvalue weighted by atomic mass is 9.73. The highest BCUT2D eigenvalue weighted by atomic mass is 16.6. The first-order valence-corrected chi connectivity index (χ1v) is 14.3. The molecule has 3 aromatic carbocycles. The van der Waals surface area contributed by atoms with Crippen LogP contribution < -0.4 is 0 Å². The van der Waals surface area contributed by atoms with Crippen LogP contribution in [0.1, 0.15) is 59.2 Å². The lowest BCUT2D eigenvalue weighted by Crippen LogP contribution is -2.36. The molecule has 0 aliphatic carbocycles. The van der Waals surface area contributed by atoms with E-state index in [0.29, 0.717) is 48.8 Å². The lowest BCUT2D eigenvalue weighted by molar-refractivity contribution is -0.385. The van der Waals surface area contributed by atoms with Crippen LogP contribution in [0.2, 0.25) is 0 Å². The van der Waals surface area contributed by atoms with Crippen LogP contribution in [0.4, 0.5) is 11.4 Å². The van der Waals surface area contributed by atoms with Gasteiger partial charge in [0.2, 0.25) is 0 Å². The minimum atomic E-state index is -1.25. The summed E-state index contributed by atoms with van der Waals surface area (Å²) in [5, 5.41) is 32.6. The number of ether oxygens (including phenoxy) is 2. The summed E-state index contributed by atoms with van der Waals surface area (Å²) < 4.78 is 9.90. The summed E-state index contributed by atoms with van der Waals surface area (Å²) in [6.45, 7) is 0.193. The van der Waals surface area contributed by atoms with E-state index in [1.165, 1.54) is 37.5 Å². The number of benzene rings is 3. The summed E-state index contributed by atoms with van der Waals surface area (Å²) in [7, 11) is 1.28. The predicted molar refractivity (Wildman–Crippen MR) is 165 cm³/mol. The fourth-order valence-electron chi connectivity index (χ4n) is 4.88. The van der Waals surface area contributed by atoms with Gasteiger partial charge in [0.15, 0.2) is 0 Å². The molecule has 0 aromatic heterocycles. The number of carbonyl (C=O) groups excluding carboxylic acids is 2. The number of nitrogens with zero attached hydrogens (tertiary/aromatic N) is 2. The summed E-state index contributed by atoms with van der Waals surface area (Å²) in [5.74, 6) is -1.99. The summed E-state index contributed by atoms with van der Waals surface area (Å²) in [6.07, 6.45) is 5.88. The molecule has 3 aromatic rings. The van der Waals surface area contributed by atoms with E-state index in [0.717, 1.165) is 5.56 Å². The molecule has 0 aliphatic rings. The van der Waals surface area contributed by atoms with E-state index < -0.39 is 33.2 Å². The Kier molecular flexibility index (Phi) is 12.5. The van der Waals surface area contributed by atoms with Gasteiger partial charge in [-0.25, -0.2) is 9.59 Å². The third kappa shape index (κ3) is 10.4. The van der Waals surface area contributed by atoms with Crippen LogP contribution in [0.5, 0.6) is 0 Å². The molecule has 12 heteroatoms. The Labute approximate surface area is 259 Å². The first kappa shape index (κ1) is 34.1. The minimum Gasteiger partial charge on any atom is -0.481 e. The molecule has 0 bridgehead atoms. The molecule has 0 amide bonds. The first-order chi connectivity index (χ1) is 21.5. The summed E-state index contributed by atoms with van der Waals surface area (Å²) >= 11 is 0. The SMILES string of the molecule is COC(=O)C=Cc1ccc(C(=O)OCCCCCCC(Cc2ccc([N+](=O)[O-])cc2)(Cc2ccc([N+](=O)[O-])cc2)C(=O)O)cc1. The number of hydrogen-bond donors (Lipinski definition) is 1. The highest BCUT2D eigenvalue weighted by Gasteiger charge is 2.38. The number of carboxylic acids is 1. The quantitative estimate of drug-likeness (QED) is 0.0589. The standard InChI is InChI=1S/C33H34N2O10/c1-44-30(36)19-12-24-6-13-27(14-7-24)31(37)45-21-5-3-2-4-20-33(32(38)39,22-25-8-15-28(16-9-25)34(40)41)23-26-10-17-29(18-11-26)35(42)43/h6-19H,2-5,20-23H2,1H3,(H,38,39). The zero-order chi connectivity index (χ0) is 32.8. The second-order valence-electron chi connectivity index (χ2n) is 10.6. The van der Waals surface area contributed by atoms with Crippen molar-refractivity contribution in [2.75, 3.05) is 13.7 Å². The third-order valence-corrected chi connectivity index (χ3v) is 7.38. The number of non-ortho nitro benzene ring substituents is 2. The average Bonchev–Trinajstić information content (AvgIpc) is 3.03. The number of carbonyl (C=O) groups is 3. The molecule has 236 valence electrons. The summed E-state index contributed by atoms with van der Waals surface area (Å²) in [6, 6.07) is 18.1. The Morgan fingerprint density at radius 1 is 0.778 bits per heavy atom. The zero-order valence-corrected chi connectivity index (χ0v) is 24.8. The van der Waals surface area contributed by atoms with Crippen molar-refractivity contribution in [1.82, 2.24) is 0 Å². The number of rotatable bonds is 17. The van der Waals surface area contributed by atoms with Crippen molar-refractivity contribution in [1.29, 1.82) is 0 Å². The molecule has 0 saturated carbocycles. The molecule has 3 rings (SSSR count). The van der Waals surface area contributed by atoms with Crippen molar-refractivity contribution >= 4 is 35.4 Å². The Morgan fingerprint density at radius 3 is 1.76 bits per heavy atom. The summed E-state index contributed by atoms with van der Waals surface area (Å²) in [4.78, 5) is 57.4. The number of hydrogen-bond acceptors (Lipinski definition) is 9. The van der Waals surface area contributed by atoms with Gasteiger partial charge < -0.3 is 14.6 Å². The van der Waals surface area contributed by atoms with E-state index >= 15 is 0 Å². The molecule has 0 saturated heterocycles. The fraction of sp³-hybridized carbons (Fsp3) is 0.303. The largest absolute Gasteiger partial charge is 0.481 e. The Bertz CT molecular complexity index is 1460. The molecule has 1 N–H and O–H groups in total. The minimum absolute atomic E-state index is 0.0967. The molecule has 0 fully saturated rings. The van der Waals surface area contributed by atoms with Gasteiger partial charge in [0.25, 0.3) is 11.4 Å². The maximum absolute atomic E-state index is 12.8. The molecule has 12 nitrogen and oxygen atoms in total. The van der Waals surface area contributed by atoms with Crippen LogP contribution in [0.15, 0.2) is 78.9 Å². The fourth-order valence-corrected chi connectivity index (χ4v) is 4.88. The van der Waals surface area contributed by atoms with E-state index in [-0.39, 0.29) is 30.8 Å². The van der Waals surface area contributed by atoms with Gasteiger partial charge in [0.1, 0.15) is 0 Å². The number of esters is 2. The highest BCUT2D eigenvalue weighted by molar-refractivity contribution is 5.90. The van der Waals surface area contributed by atoms with E-state index in [1.807, 2.05) is 0 Å². The number of unbranched alkanes of at least 4 members (excludes halogenated alkanes) is 3. The number of carboxylic acid groups (broad SMARTS) is 1. The normalized spacial score (nSPS) is 11.2. The number of methoxy groups -OCH3 is 1. The molecular formula is C33H34N2O10. The topological polar surface area (TPSA) is 176 Å². The van der Waals surface area contributed by atoms with E-state index in [9.17, 15) is 39.7 Å². The number of nitro groups is 2. The molecule has 0 spiro atoms. The van der Waals surface area contributed by atoms with Gasteiger partial charge in [0.05, 0.1) is 34.5 Å². The van der Waals surface area contributed by atoms with Crippen molar-refractivity contribution in [3.63, 3.8) is 0 Å². The second kappa shape index (κ2) is 16.5. The maximum Gasteiger partial charge on any atom is 0.338 e. The van der Waals surface area contributed by atoms with E-state index in [1.54, 1.807) is 54.6 Å². The molecule has 0 aliphatic heterocycles. The van der Waals surface area contributed by atoms with Gasteiger partial charge in [-0.15, -0.1) is 0 Å². The Hall–Kier alpha value is -5.39. The van der Waals surface area contributed by atoms with Crippen molar-refractivity contribution in [3.05, 3.63) is 121 Å². The van der Waals surface area contributed by atoms with Crippen LogP contribution in [-0.4, -0.2) is 46.6 Å². The van der Waals surface area contributed by atoms with Gasteiger partial charge in [-0.1, -0.05) is 55.7 Å². The molecule has 0 atom stereocenters. The molecule has 0 radical (unpaired) electrons. The maximum atomic E-state index is 12.8. The van der Waals surface area contributed by atoms with Crippen LogP contribution in [0.25, 0.3) is 6.08 Å². The molecule has 0 unspecified atom stereocenters. The average molecular weight is 619 g/mol. The van der Waals surface area contributed by atoms with Crippen LogP contribution in [0, 0.1) is 25.6 Å². The van der Waals surface area contributed by atoms with Gasteiger partial charge >= 0.3 is 17.9 Å². The lowest BCUT2D eigenvalue weighted by Gasteiger charge is -2.30.